The molecule has 0 atom stereocenters. The van der Waals surface area contributed by atoms with E-state index in [4.69, 9.17) is 0 Å². The molecular formula is C14H20N2O2. The van der Waals surface area contributed by atoms with E-state index in [1.54, 1.807) is 0 Å². The number of carbonyl (C=O) groups is 2. The minimum Gasteiger partial charge on any atom is -0.356 e. The fraction of sp³-hybridized carbons (Fsp3) is 0.429. The highest BCUT2D eigenvalue weighted by Gasteiger charge is 2.07. The van der Waals surface area contributed by atoms with Crippen molar-refractivity contribution in [2.24, 2.45) is 0 Å². The minimum atomic E-state index is -0.245. The summed E-state index contributed by atoms with van der Waals surface area (Å²) < 4.78 is 0. The van der Waals surface area contributed by atoms with Crippen molar-refractivity contribution >= 4 is 11.8 Å². The van der Waals surface area contributed by atoms with Crippen molar-refractivity contribution in [3.05, 3.63) is 35.4 Å². The van der Waals surface area contributed by atoms with Crippen LogP contribution in [0.1, 0.15) is 30.9 Å². The predicted molar refractivity (Wildman–Crippen MR) is 70.9 cm³/mol. The molecule has 0 aliphatic carbocycles. The quantitative estimate of drug-likeness (QED) is 0.750. The van der Waals surface area contributed by atoms with Crippen LogP contribution in [0.4, 0.5) is 0 Å². The van der Waals surface area contributed by atoms with Crippen molar-refractivity contribution in [3.63, 3.8) is 0 Å². The topological polar surface area (TPSA) is 58.2 Å². The van der Waals surface area contributed by atoms with E-state index in [9.17, 15) is 9.59 Å². The number of rotatable bonds is 6. The maximum atomic E-state index is 11.5. The number of amides is 2. The zero-order valence-corrected chi connectivity index (χ0v) is 11.0. The van der Waals surface area contributed by atoms with Gasteiger partial charge in [0.25, 0.3) is 0 Å². The van der Waals surface area contributed by atoms with Crippen LogP contribution in [0.5, 0.6) is 0 Å². The molecule has 0 aromatic heterocycles. The lowest BCUT2D eigenvalue weighted by atomic mass is 10.1. The highest BCUT2D eigenvalue weighted by atomic mass is 16.2. The first-order chi connectivity index (χ1) is 8.61. The van der Waals surface area contributed by atoms with Crippen molar-refractivity contribution in [2.45, 2.75) is 33.2 Å². The molecule has 1 aromatic carbocycles. The summed E-state index contributed by atoms with van der Waals surface area (Å²) in [7, 11) is 0. The molecule has 0 aliphatic rings. The Hall–Kier alpha value is -1.84. The van der Waals surface area contributed by atoms with Gasteiger partial charge in [-0.1, -0.05) is 36.8 Å². The van der Waals surface area contributed by atoms with Crippen molar-refractivity contribution in [2.75, 3.05) is 6.54 Å². The first-order valence-corrected chi connectivity index (χ1v) is 6.20. The Morgan fingerprint density at radius 2 is 1.89 bits per heavy atom. The zero-order chi connectivity index (χ0) is 13.4. The van der Waals surface area contributed by atoms with E-state index < -0.39 is 0 Å². The third-order valence-corrected chi connectivity index (χ3v) is 2.47. The first-order valence-electron chi connectivity index (χ1n) is 6.20. The van der Waals surface area contributed by atoms with Crippen LogP contribution in [0.25, 0.3) is 0 Å². The standard InChI is InChI=1S/C14H20N2O2/c1-3-7-15-13(17)9-14(18)16-10-12-6-4-5-11(2)8-12/h4-6,8H,3,7,9-10H2,1-2H3,(H,15,17)(H,16,18). The second-order valence-electron chi connectivity index (χ2n) is 4.29. The number of carbonyl (C=O) groups excluding carboxylic acids is 2. The molecule has 0 aliphatic heterocycles. The monoisotopic (exact) mass is 248 g/mol. The summed E-state index contributed by atoms with van der Waals surface area (Å²) in [6.07, 6.45) is 0.766. The number of hydrogen-bond acceptors (Lipinski definition) is 2. The van der Waals surface area contributed by atoms with Gasteiger partial charge in [-0.25, -0.2) is 0 Å². The molecule has 98 valence electrons. The van der Waals surface area contributed by atoms with Crippen LogP contribution in [0, 0.1) is 6.92 Å². The van der Waals surface area contributed by atoms with Gasteiger partial charge in [0.1, 0.15) is 6.42 Å². The normalized spacial score (nSPS) is 9.89. The molecule has 0 fully saturated rings. The molecule has 1 aromatic rings. The third-order valence-electron chi connectivity index (χ3n) is 2.47. The average molecular weight is 248 g/mol. The van der Waals surface area contributed by atoms with Crippen LogP contribution in [-0.4, -0.2) is 18.4 Å². The predicted octanol–water partition coefficient (Wildman–Crippen LogP) is 1.53. The van der Waals surface area contributed by atoms with Gasteiger partial charge in [0.2, 0.25) is 11.8 Å². The minimum absolute atomic E-state index is 0.105. The molecule has 0 saturated heterocycles. The van der Waals surface area contributed by atoms with Gasteiger partial charge in [0.05, 0.1) is 0 Å². The van der Waals surface area contributed by atoms with Crippen LogP contribution in [0.2, 0.25) is 0 Å². The van der Waals surface area contributed by atoms with E-state index in [2.05, 4.69) is 10.6 Å². The van der Waals surface area contributed by atoms with E-state index in [1.807, 2.05) is 38.1 Å². The highest BCUT2D eigenvalue weighted by Crippen LogP contribution is 2.03. The fourth-order valence-corrected chi connectivity index (χ4v) is 1.56. The molecular weight excluding hydrogens is 228 g/mol. The van der Waals surface area contributed by atoms with Gasteiger partial charge in [-0.2, -0.15) is 0 Å². The van der Waals surface area contributed by atoms with Crippen molar-refractivity contribution in [3.8, 4) is 0 Å². The molecule has 0 bridgehead atoms. The molecule has 0 radical (unpaired) electrons. The third kappa shape index (κ3) is 5.48. The van der Waals surface area contributed by atoms with Crippen LogP contribution < -0.4 is 10.6 Å². The molecule has 1 rings (SSSR count). The first kappa shape index (κ1) is 14.2. The van der Waals surface area contributed by atoms with Crippen molar-refractivity contribution in [1.29, 1.82) is 0 Å². The smallest absolute Gasteiger partial charge is 0.229 e. The van der Waals surface area contributed by atoms with E-state index >= 15 is 0 Å². The Labute approximate surface area is 108 Å². The summed E-state index contributed by atoms with van der Waals surface area (Å²) in [5.41, 5.74) is 2.19. The number of benzene rings is 1. The van der Waals surface area contributed by atoms with Gasteiger partial charge in [-0.3, -0.25) is 9.59 Å². The van der Waals surface area contributed by atoms with Crippen molar-refractivity contribution in [1.82, 2.24) is 10.6 Å². The van der Waals surface area contributed by atoms with Gasteiger partial charge in [-0.05, 0) is 18.9 Å². The van der Waals surface area contributed by atoms with Crippen LogP contribution in [0.3, 0.4) is 0 Å². The van der Waals surface area contributed by atoms with Gasteiger partial charge < -0.3 is 10.6 Å². The maximum absolute atomic E-state index is 11.5. The zero-order valence-electron chi connectivity index (χ0n) is 11.0. The van der Waals surface area contributed by atoms with E-state index in [0.29, 0.717) is 13.1 Å². The van der Waals surface area contributed by atoms with Gasteiger partial charge >= 0.3 is 0 Å². The summed E-state index contributed by atoms with van der Waals surface area (Å²) in [4.78, 5) is 22.8. The summed E-state index contributed by atoms with van der Waals surface area (Å²) in [6.45, 7) is 5.05. The lowest BCUT2D eigenvalue weighted by Crippen LogP contribution is -2.31. The Kier molecular flexibility index (Phi) is 5.91. The lowest BCUT2D eigenvalue weighted by Gasteiger charge is -2.06. The Morgan fingerprint density at radius 1 is 1.17 bits per heavy atom. The fourth-order valence-electron chi connectivity index (χ4n) is 1.56. The molecule has 4 heteroatoms. The molecule has 2 N–H and O–H groups in total. The summed E-state index contributed by atoms with van der Waals surface area (Å²) in [5.74, 6) is -0.469. The van der Waals surface area contributed by atoms with Gasteiger partial charge in [0, 0.05) is 13.1 Å². The van der Waals surface area contributed by atoms with Gasteiger partial charge in [0.15, 0.2) is 0 Å². The number of nitrogens with one attached hydrogen (secondary N) is 2. The van der Waals surface area contributed by atoms with Gasteiger partial charge in [-0.15, -0.1) is 0 Å². The lowest BCUT2D eigenvalue weighted by molar-refractivity contribution is -0.129. The largest absolute Gasteiger partial charge is 0.356 e. The molecule has 4 nitrogen and oxygen atoms in total. The summed E-state index contributed by atoms with van der Waals surface area (Å²) >= 11 is 0. The molecule has 18 heavy (non-hydrogen) atoms. The number of hydrogen-bond donors (Lipinski definition) is 2. The molecule has 0 saturated carbocycles. The van der Waals surface area contributed by atoms with E-state index in [-0.39, 0.29) is 18.2 Å². The molecule has 0 spiro atoms. The average Bonchev–Trinajstić information content (AvgIpc) is 2.34. The Bertz CT molecular complexity index is 416. The Balaban J connectivity index is 2.31. The van der Waals surface area contributed by atoms with Crippen molar-refractivity contribution < 1.29 is 9.59 Å². The maximum Gasteiger partial charge on any atom is 0.229 e. The van der Waals surface area contributed by atoms with Crippen LogP contribution >= 0.6 is 0 Å². The van der Waals surface area contributed by atoms with Crippen LogP contribution in [-0.2, 0) is 16.1 Å². The highest BCUT2D eigenvalue weighted by molar-refractivity contribution is 5.96. The second-order valence-corrected chi connectivity index (χ2v) is 4.29. The Morgan fingerprint density at radius 3 is 2.56 bits per heavy atom. The number of aryl methyl sites for hydroxylation is 1. The molecule has 2 amide bonds. The SMILES string of the molecule is CCCNC(=O)CC(=O)NCc1cccc(C)c1. The van der Waals surface area contributed by atoms with E-state index in [1.165, 1.54) is 0 Å². The molecule has 0 heterocycles. The second kappa shape index (κ2) is 7.48. The van der Waals surface area contributed by atoms with E-state index in [0.717, 1.165) is 17.5 Å². The summed E-state index contributed by atoms with van der Waals surface area (Å²) in [6, 6.07) is 7.91. The van der Waals surface area contributed by atoms with Crippen LogP contribution in [0.15, 0.2) is 24.3 Å². The molecule has 0 unspecified atom stereocenters. The summed E-state index contributed by atoms with van der Waals surface area (Å²) in [5, 5.41) is 5.40.